The number of carbonyl (C=O) groups excluding carboxylic acids is 1. The Morgan fingerprint density at radius 2 is 2.36 bits per heavy atom. The van der Waals surface area contributed by atoms with E-state index in [0.717, 1.165) is 19.3 Å². The Hall–Kier alpha value is -1.36. The van der Waals surface area contributed by atoms with Gasteiger partial charge in [0.25, 0.3) is 5.91 Å². The van der Waals surface area contributed by atoms with Crippen LogP contribution in [0.25, 0.3) is 0 Å². The van der Waals surface area contributed by atoms with Crippen LogP contribution < -0.4 is 5.32 Å². The van der Waals surface area contributed by atoms with Crippen molar-refractivity contribution in [2.75, 3.05) is 13.2 Å². The Balaban J connectivity index is 2.10. The second kappa shape index (κ2) is 6.15. The average Bonchev–Trinajstić information content (AvgIpc) is 2.70. The maximum Gasteiger partial charge on any atom is 0.289 e. The van der Waals surface area contributed by atoms with Crippen LogP contribution >= 0.6 is 0 Å². The second-order valence-corrected chi connectivity index (χ2v) is 2.92. The van der Waals surface area contributed by atoms with E-state index in [4.69, 9.17) is 5.11 Å². The van der Waals surface area contributed by atoms with Crippen molar-refractivity contribution in [3.05, 3.63) is 18.0 Å². The van der Waals surface area contributed by atoms with Gasteiger partial charge in [0.2, 0.25) is 5.76 Å². The zero-order chi connectivity index (χ0) is 10.2. The topological polar surface area (TPSA) is 75.4 Å². The number of aliphatic hydroxyl groups is 1. The molecule has 1 aromatic heterocycles. The molecule has 0 aliphatic rings. The van der Waals surface area contributed by atoms with E-state index in [9.17, 15) is 4.79 Å². The number of unbranched alkanes of at least 4 members (excludes halogenated alkanes) is 2. The summed E-state index contributed by atoms with van der Waals surface area (Å²) in [5.41, 5.74) is 0. The first kappa shape index (κ1) is 10.7. The number of nitrogens with one attached hydrogen (secondary N) is 1. The standard InChI is InChI=1S/C9H14N2O3/c12-7-3-1-2-5-10-9(13)8-4-6-11-14-8/h4,6,12H,1-3,5,7H2,(H,10,13). The molecule has 0 aromatic carbocycles. The third-order valence-corrected chi connectivity index (χ3v) is 1.78. The number of carbonyl (C=O) groups is 1. The molecule has 0 aliphatic carbocycles. The number of rotatable bonds is 6. The summed E-state index contributed by atoms with van der Waals surface area (Å²) in [6.45, 7) is 0.801. The molecule has 0 radical (unpaired) electrons. The molecular formula is C9H14N2O3. The van der Waals surface area contributed by atoms with E-state index in [1.807, 2.05) is 0 Å². The summed E-state index contributed by atoms with van der Waals surface area (Å²) < 4.78 is 4.67. The van der Waals surface area contributed by atoms with Crippen LogP contribution in [0.5, 0.6) is 0 Å². The lowest BCUT2D eigenvalue weighted by molar-refractivity contribution is 0.0916. The van der Waals surface area contributed by atoms with Crippen LogP contribution in [0.15, 0.2) is 16.8 Å². The Labute approximate surface area is 82.1 Å². The minimum atomic E-state index is -0.244. The summed E-state index contributed by atoms with van der Waals surface area (Å²) in [5, 5.41) is 14.6. The van der Waals surface area contributed by atoms with Crippen molar-refractivity contribution < 1.29 is 14.4 Å². The van der Waals surface area contributed by atoms with Gasteiger partial charge in [0.1, 0.15) is 0 Å². The molecule has 0 saturated carbocycles. The van der Waals surface area contributed by atoms with E-state index in [-0.39, 0.29) is 18.3 Å². The molecule has 14 heavy (non-hydrogen) atoms. The summed E-state index contributed by atoms with van der Waals surface area (Å²) in [6, 6.07) is 1.52. The van der Waals surface area contributed by atoms with E-state index in [0.29, 0.717) is 6.54 Å². The highest BCUT2D eigenvalue weighted by atomic mass is 16.5. The van der Waals surface area contributed by atoms with Gasteiger partial charge in [-0.2, -0.15) is 0 Å². The van der Waals surface area contributed by atoms with Gasteiger partial charge in [0.05, 0.1) is 6.20 Å². The molecule has 0 atom stereocenters. The molecule has 1 heterocycles. The lowest BCUT2D eigenvalue weighted by Gasteiger charge is -2.01. The Morgan fingerprint density at radius 3 is 3.00 bits per heavy atom. The van der Waals surface area contributed by atoms with Gasteiger partial charge >= 0.3 is 0 Å². The second-order valence-electron chi connectivity index (χ2n) is 2.92. The Kier molecular flexibility index (Phi) is 4.71. The highest BCUT2D eigenvalue weighted by Gasteiger charge is 2.07. The number of aromatic nitrogens is 1. The van der Waals surface area contributed by atoms with Gasteiger partial charge in [0, 0.05) is 19.2 Å². The molecule has 0 unspecified atom stereocenters. The maximum atomic E-state index is 11.2. The van der Waals surface area contributed by atoms with Crippen LogP contribution in [0.1, 0.15) is 29.8 Å². The smallest absolute Gasteiger partial charge is 0.289 e. The fourth-order valence-corrected chi connectivity index (χ4v) is 1.04. The highest BCUT2D eigenvalue weighted by Crippen LogP contribution is 1.97. The van der Waals surface area contributed by atoms with Crippen molar-refractivity contribution in [2.24, 2.45) is 0 Å². The fraction of sp³-hybridized carbons (Fsp3) is 0.556. The number of hydrogen-bond acceptors (Lipinski definition) is 4. The Bertz CT molecular complexity index is 259. The van der Waals surface area contributed by atoms with E-state index in [1.54, 1.807) is 0 Å². The van der Waals surface area contributed by atoms with Crippen LogP contribution in [-0.4, -0.2) is 29.3 Å². The maximum absolute atomic E-state index is 11.2. The third kappa shape index (κ3) is 3.57. The van der Waals surface area contributed by atoms with E-state index < -0.39 is 0 Å². The minimum absolute atomic E-state index is 0.204. The number of aliphatic hydroxyl groups excluding tert-OH is 1. The van der Waals surface area contributed by atoms with Crippen LogP contribution in [0.2, 0.25) is 0 Å². The molecule has 2 N–H and O–H groups in total. The predicted molar refractivity (Wildman–Crippen MR) is 49.8 cm³/mol. The summed E-state index contributed by atoms with van der Waals surface area (Å²) in [5.74, 6) is -0.0151. The van der Waals surface area contributed by atoms with Gasteiger partial charge in [-0.15, -0.1) is 0 Å². The molecular weight excluding hydrogens is 184 g/mol. The minimum Gasteiger partial charge on any atom is -0.396 e. The van der Waals surface area contributed by atoms with Gasteiger partial charge in [0.15, 0.2) is 0 Å². The summed E-state index contributed by atoms with van der Waals surface area (Å²) >= 11 is 0. The third-order valence-electron chi connectivity index (χ3n) is 1.78. The average molecular weight is 198 g/mol. The van der Waals surface area contributed by atoms with Gasteiger partial charge in [-0.05, 0) is 19.3 Å². The van der Waals surface area contributed by atoms with Crippen LogP contribution in [0, 0.1) is 0 Å². The van der Waals surface area contributed by atoms with Crippen molar-refractivity contribution >= 4 is 5.91 Å². The molecule has 0 aliphatic heterocycles. The number of hydrogen-bond donors (Lipinski definition) is 2. The van der Waals surface area contributed by atoms with Gasteiger partial charge in [-0.25, -0.2) is 0 Å². The normalized spacial score (nSPS) is 10.1. The molecule has 0 spiro atoms. The van der Waals surface area contributed by atoms with Crippen molar-refractivity contribution in [2.45, 2.75) is 19.3 Å². The summed E-state index contributed by atoms with van der Waals surface area (Å²) in [7, 11) is 0. The molecule has 5 nitrogen and oxygen atoms in total. The van der Waals surface area contributed by atoms with Crippen LogP contribution in [0.3, 0.4) is 0 Å². The first-order valence-corrected chi connectivity index (χ1v) is 4.64. The fourth-order valence-electron chi connectivity index (χ4n) is 1.04. The molecule has 1 aromatic rings. The van der Waals surface area contributed by atoms with E-state index in [2.05, 4.69) is 15.0 Å². The molecule has 0 fully saturated rings. The van der Waals surface area contributed by atoms with Crippen LogP contribution in [0.4, 0.5) is 0 Å². The van der Waals surface area contributed by atoms with Crippen LogP contribution in [-0.2, 0) is 0 Å². The quantitative estimate of drug-likeness (QED) is 0.655. The first-order valence-electron chi connectivity index (χ1n) is 4.64. The lowest BCUT2D eigenvalue weighted by Crippen LogP contribution is -2.23. The monoisotopic (exact) mass is 198 g/mol. The predicted octanol–water partition coefficient (Wildman–Crippen LogP) is 0.567. The van der Waals surface area contributed by atoms with E-state index in [1.165, 1.54) is 12.3 Å². The largest absolute Gasteiger partial charge is 0.396 e. The summed E-state index contributed by atoms with van der Waals surface area (Å²) in [4.78, 5) is 11.2. The zero-order valence-electron chi connectivity index (χ0n) is 7.90. The highest BCUT2D eigenvalue weighted by molar-refractivity contribution is 5.91. The van der Waals surface area contributed by atoms with Crippen molar-refractivity contribution in [3.8, 4) is 0 Å². The van der Waals surface area contributed by atoms with E-state index >= 15 is 0 Å². The molecule has 78 valence electrons. The van der Waals surface area contributed by atoms with Gasteiger partial charge in [-0.3, -0.25) is 4.79 Å². The molecule has 0 saturated heterocycles. The molecule has 5 heteroatoms. The lowest BCUT2D eigenvalue weighted by atomic mass is 10.2. The van der Waals surface area contributed by atoms with Crippen molar-refractivity contribution in [3.63, 3.8) is 0 Å². The summed E-state index contributed by atoms with van der Waals surface area (Å²) in [6.07, 6.45) is 3.98. The first-order chi connectivity index (χ1) is 6.84. The SMILES string of the molecule is O=C(NCCCCCO)c1ccno1. The molecule has 0 bridgehead atoms. The Morgan fingerprint density at radius 1 is 1.50 bits per heavy atom. The van der Waals surface area contributed by atoms with Gasteiger partial charge < -0.3 is 14.9 Å². The molecule has 1 rings (SSSR count). The zero-order valence-corrected chi connectivity index (χ0v) is 7.90. The van der Waals surface area contributed by atoms with Crippen molar-refractivity contribution in [1.29, 1.82) is 0 Å². The van der Waals surface area contributed by atoms with Gasteiger partial charge in [-0.1, -0.05) is 5.16 Å². The number of nitrogens with zero attached hydrogens (tertiary/aromatic N) is 1. The molecule has 1 amide bonds. The van der Waals surface area contributed by atoms with Crippen molar-refractivity contribution in [1.82, 2.24) is 10.5 Å². The number of amides is 1.